The lowest BCUT2D eigenvalue weighted by Crippen LogP contribution is -2.41. The number of carbonyl (C=O) groups excluding carboxylic acids is 2. The van der Waals surface area contributed by atoms with E-state index in [0.717, 1.165) is 25.3 Å². The summed E-state index contributed by atoms with van der Waals surface area (Å²) >= 11 is 7.22. The average Bonchev–Trinajstić information content (AvgIpc) is 3.02. The summed E-state index contributed by atoms with van der Waals surface area (Å²) in [5.41, 5.74) is 5.09. The van der Waals surface area contributed by atoms with Crippen molar-refractivity contribution in [2.75, 3.05) is 0 Å². The highest BCUT2D eigenvalue weighted by Gasteiger charge is 2.23. The van der Waals surface area contributed by atoms with Gasteiger partial charge in [-0.1, -0.05) is 18.5 Å². The van der Waals surface area contributed by atoms with Gasteiger partial charge in [0.2, 0.25) is 0 Å². The van der Waals surface area contributed by atoms with Crippen LogP contribution in [0, 0.1) is 16.0 Å². The fourth-order valence-corrected chi connectivity index (χ4v) is 4.19. The Kier molecular flexibility index (Phi) is 5.24. The molecule has 0 saturated carbocycles. The standard InChI is InChI=1S/C17H16ClN3O4S/c1-9-2-5-14-10(6-9)7-15(26-14)17(23)20-19-16(22)12-8-11(18)3-4-13(12)21(24)25/h3-4,7-9H,2,5-6H2,1H3,(H,19,22)(H,20,23)/t9-/m0/s1. The Morgan fingerprint density at radius 2 is 2.00 bits per heavy atom. The first-order chi connectivity index (χ1) is 12.3. The SMILES string of the molecule is C[C@H]1CCc2sc(C(=O)NNC(=O)c3cc(Cl)ccc3[N+](=O)[O-])cc2C1. The van der Waals surface area contributed by atoms with Crippen molar-refractivity contribution in [1.82, 2.24) is 10.9 Å². The van der Waals surface area contributed by atoms with Crippen LogP contribution in [0.1, 0.15) is 43.8 Å². The van der Waals surface area contributed by atoms with Crippen molar-refractivity contribution in [3.05, 3.63) is 60.3 Å². The van der Waals surface area contributed by atoms with Crippen LogP contribution in [0.25, 0.3) is 0 Å². The third-order valence-electron chi connectivity index (χ3n) is 4.24. The molecule has 2 aromatic rings. The van der Waals surface area contributed by atoms with E-state index in [1.54, 1.807) is 0 Å². The van der Waals surface area contributed by atoms with Gasteiger partial charge in [-0.25, -0.2) is 0 Å². The first-order valence-electron chi connectivity index (χ1n) is 8.01. The highest BCUT2D eigenvalue weighted by molar-refractivity contribution is 7.14. The predicted octanol–water partition coefficient (Wildman–Crippen LogP) is 3.51. The summed E-state index contributed by atoms with van der Waals surface area (Å²) in [6, 6.07) is 5.51. The minimum atomic E-state index is -0.803. The van der Waals surface area contributed by atoms with Crippen LogP contribution >= 0.6 is 22.9 Å². The smallest absolute Gasteiger partial charge is 0.267 e. The number of hydrogen-bond acceptors (Lipinski definition) is 5. The minimum absolute atomic E-state index is 0.187. The number of halogens is 1. The molecule has 1 heterocycles. The van der Waals surface area contributed by atoms with Crippen LogP contribution in [0.3, 0.4) is 0 Å². The topological polar surface area (TPSA) is 101 Å². The van der Waals surface area contributed by atoms with Crippen molar-refractivity contribution in [1.29, 1.82) is 0 Å². The lowest BCUT2D eigenvalue weighted by atomic mass is 9.90. The third kappa shape index (κ3) is 3.86. The number of nitro benzene ring substituents is 1. The molecule has 7 nitrogen and oxygen atoms in total. The summed E-state index contributed by atoms with van der Waals surface area (Å²) in [5.74, 6) is -0.659. The first kappa shape index (κ1) is 18.3. The number of rotatable bonds is 3. The molecule has 136 valence electrons. The van der Waals surface area contributed by atoms with Crippen LogP contribution in [-0.2, 0) is 12.8 Å². The van der Waals surface area contributed by atoms with Crippen molar-refractivity contribution in [3.63, 3.8) is 0 Å². The molecule has 2 amide bonds. The van der Waals surface area contributed by atoms with Gasteiger partial charge in [-0.3, -0.25) is 30.6 Å². The first-order valence-corrected chi connectivity index (χ1v) is 9.21. The molecule has 0 fully saturated rings. The Bertz CT molecular complexity index is 896. The molecule has 0 saturated heterocycles. The molecule has 1 aliphatic carbocycles. The maximum atomic E-state index is 12.3. The number of nitrogens with zero attached hydrogens (tertiary/aromatic N) is 1. The highest BCUT2D eigenvalue weighted by Crippen LogP contribution is 2.32. The number of hydrogen-bond donors (Lipinski definition) is 2. The summed E-state index contributed by atoms with van der Waals surface area (Å²) in [6.45, 7) is 2.18. The molecule has 1 atom stereocenters. The normalized spacial score (nSPS) is 15.8. The number of carbonyl (C=O) groups is 2. The van der Waals surface area contributed by atoms with Crippen LogP contribution in [0.4, 0.5) is 5.69 Å². The van der Waals surface area contributed by atoms with Crippen LogP contribution in [0.2, 0.25) is 5.02 Å². The van der Waals surface area contributed by atoms with Crippen molar-refractivity contribution >= 4 is 40.4 Å². The number of thiophene rings is 1. The lowest BCUT2D eigenvalue weighted by molar-refractivity contribution is -0.385. The van der Waals surface area contributed by atoms with Gasteiger partial charge < -0.3 is 0 Å². The van der Waals surface area contributed by atoms with E-state index in [9.17, 15) is 19.7 Å². The average molecular weight is 394 g/mol. The van der Waals surface area contributed by atoms with Crippen LogP contribution < -0.4 is 10.9 Å². The van der Waals surface area contributed by atoms with Crippen LogP contribution in [0.15, 0.2) is 24.3 Å². The van der Waals surface area contributed by atoms with Gasteiger partial charge in [-0.2, -0.15) is 0 Å². The number of fused-ring (bicyclic) bond motifs is 1. The second kappa shape index (κ2) is 7.43. The van der Waals surface area contributed by atoms with Gasteiger partial charge in [0.15, 0.2) is 0 Å². The maximum absolute atomic E-state index is 12.3. The van der Waals surface area contributed by atoms with Gasteiger partial charge in [-0.05, 0) is 48.9 Å². The second-order valence-corrected chi connectivity index (χ2v) is 7.81. The highest BCUT2D eigenvalue weighted by atomic mass is 35.5. The van der Waals surface area contributed by atoms with Gasteiger partial charge in [0, 0.05) is 16.0 Å². The van der Waals surface area contributed by atoms with E-state index in [0.29, 0.717) is 10.8 Å². The lowest BCUT2D eigenvalue weighted by Gasteiger charge is -2.16. The van der Waals surface area contributed by atoms with E-state index >= 15 is 0 Å². The maximum Gasteiger partial charge on any atom is 0.282 e. The summed E-state index contributed by atoms with van der Waals surface area (Å²) in [4.78, 5) is 36.6. The van der Waals surface area contributed by atoms with Crippen LogP contribution in [0.5, 0.6) is 0 Å². The Hall–Kier alpha value is -2.45. The number of amides is 2. The molecule has 2 N–H and O–H groups in total. The number of aryl methyl sites for hydroxylation is 1. The largest absolute Gasteiger partial charge is 0.282 e. The Morgan fingerprint density at radius 1 is 1.27 bits per heavy atom. The van der Waals surface area contributed by atoms with E-state index < -0.39 is 16.7 Å². The minimum Gasteiger partial charge on any atom is -0.267 e. The van der Waals surface area contributed by atoms with Crippen molar-refractivity contribution in [3.8, 4) is 0 Å². The molecular formula is C17H16ClN3O4S. The molecule has 9 heteroatoms. The van der Waals surface area contributed by atoms with E-state index in [1.165, 1.54) is 33.9 Å². The van der Waals surface area contributed by atoms with E-state index in [4.69, 9.17) is 11.6 Å². The Morgan fingerprint density at radius 3 is 2.73 bits per heavy atom. The van der Waals surface area contributed by atoms with E-state index in [2.05, 4.69) is 17.8 Å². The fraction of sp³-hybridized carbons (Fsp3) is 0.294. The monoisotopic (exact) mass is 393 g/mol. The van der Waals surface area contributed by atoms with Crippen molar-refractivity contribution in [2.24, 2.45) is 5.92 Å². The zero-order valence-corrected chi connectivity index (χ0v) is 15.4. The molecule has 0 bridgehead atoms. The van der Waals surface area contributed by atoms with Gasteiger partial charge >= 0.3 is 0 Å². The number of benzene rings is 1. The van der Waals surface area contributed by atoms with Gasteiger partial charge in [-0.15, -0.1) is 11.3 Å². The molecule has 0 radical (unpaired) electrons. The molecule has 3 rings (SSSR count). The molecule has 0 aliphatic heterocycles. The molecule has 0 unspecified atom stereocenters. The fourth-order valence-electron chi connectivity index (χ4n) is 2.91. The molecule has 1 aliphatic rings. The molecule has 0 spiro atoms. The zero-order valence-electron chi connectivity index (χ0n) is 13.9. The quantitative estimate of drug-likeness (QED) is 0.615. The number of nitrogens with one attached hydrogen (secondary N) is 2. The second-order valence-electron chi connectivity index (χ2n) is 6.23. The Labute approximate surface area is 158 Å². The molecule has 1 aromatic heterocycles. The zero-order chi connectivity index (χ0) is 18.8. The van der Waals surface area contributed by atoms with Gasteiger partial charge in [0.05, 0.1) is 9.80 Å². The molecular weight excluding hydrogens is 378 g/mol. The third-order valence-corrected chi connectivity index (χ3v) is 5.71. The van der Waals surface area contributed by atoms with Gasteiger partial charge in [0.1, 0.15) is 5.56 Å². The molecule has 1 aromatic carbocycles. The summed E-state index contributed by atoms with van der Waals surface area (Å²) in [5, 5.41) is 11.2. The van der Waals surface area contributed by atoms with E-state index in [-0.39, 0.29) is 16.3 Å². The number of hydrazine groups is 1. The van der Waals surface area contributed by atoms with E-state index in [1.807, 2.05) is 6.07 Å². The molecule has 26 heavy (non-hydrogen) atoms. The van der Waals surface area contributed by atoms with Gasteiger partial charge in [0.25, 0.3) is 17.5 Å². The van der Waals surface area contributed by atoms with Crippen LogP contribution in [-0.4, -0.2) is 16.7 Å². The summed E-state index contributed by atoms with van der Waals surface area (Å²) < 4.78 is 0. The van der Waals surface area contributed by atoms with Crippen molar-refractivity contribution in [2.45, 2.75) is 26.2 Å². The number of nitro groups is 1. The summed E-state index contributed by atoms with van der Waals surface area (Å²) in [7, 11) is 0. The predicted molar refractivity (Wildman–Crippen MR) is 98.5 cm³/mol. The Balaban J connectivity index is 1.69. The summed E-state index contributed by atoms with van der Waals surface area (Å²) in [6.07, 6.45) is 3.00. The van der Waals surface area contributed by atoms with Crippen molar-refractivity contribution < 1.29 is 14.5 Å².